The molecule has 4 aromatic carbocycles. The van der Waals surface area contributed by atoms with Crippen LogP contribution in [0.25, 0.3) is 22.2 Å². The Morgan fingerprint density at radius 1 is 0.846 bits per heavy atom. The fourth-order valence-corrected chi connectivity index (χ4v) is 4.51. The fourth-order valence-electron chi connectivity index (χ4n) is 4.51. The summed E-state index contributed by atoms with van der Waals surface area (Å²) in [5.74, 6) is -0.273. The van der Waals surface area contributed by atoms with Crippen molar-refractivity contribution in [2.24, 2.45) is 0 Å². The molecule has 0 saturated heterocycles. The third-order valence-electron chi connectivity index (χ3n) is 6.41. The first-order valence-corrected chi connectivity index (χ1v) is 12.4. The summed E-state index contributed by atoms with van der Waals surface area (Å²) in [5.41, 5.74) is 3.16. The third-order valence-corrected chi connectivity index (χ3v) is 6.41. The molecule has 5 aromatic rings. The highest BCUT2D eigenvalue weighted by Crippen LogP contribution is 2.38. The van der Waals surface area contributed by atoms with Crippen LogP contribution in [0, 0.1) is 0 Å². The van der Waals surface area contributed by atoms with Gasteiger partial charge in [-0.2, -0.15) is 18.3 Å². The van der Waals surface area contributed by atoms with Crippen molar-refractivity contribution in [2.75, 3.05) is 0 Å². The van der Waals surface area contributed by atoms with Crippen LogP contribution in [-0.2, 0) is 30.5 Å². The summed E-state index contributed by atoms with van der Waals surface area (Å²) in [6, 6.07) is 28.4. The van der Waals surface area contributed by atoms with Crippen molar-refractivity contribution in [3.8, 4) is 17.0 Å². The van der Waals surface area contributed by atoms with Crippen LogP contribution in [0.5, 0.6) is 5.75 Å². The number of carboxylic acids is 1. The molecule has 0 amide bonds. The van der Waals surface area contributed by atoms with Crippen molar-refractivity contribution < 1.29 is 27.8 Å². The number of carbonyl (C=O) groups is 1. The second-order valence-corrected chi connectivity index (χ2v) is 9.22. The Labute approximate surface area is 223 Å². The van der Waals surface area contributed by atoms with Crippen molar-refractivity contribution in [3.63, 3.8) is 0 Å². The normalized spacial score (nSPS) is 11.6. The van der Waals surface area contributed by atoms with Crippen LogP contribution in [0.2, 0.25) is 0 Å². The Hall–Kier alpha value is -4.59. The van der Waals surface area contributed by atoms with E-state index in [-0.39, 0.29) is 18.5 Å². The van der Waals surface area contributed by atoms with E-state index in [2.05, 4.69) is 5.10 Å². The van der Waals surface area contributed by atoms with E-state index in [1.165, 1.54) is 6.07 Å². The highest BCUT2D eigenvalue weighted by molar-refractivity contribution is 5.95. The number of hydrogen-bond acceptors (Lipinski definition) is 3. The van der Waals surface area contributed by atoms with Gasteiger partial charge in [-0.1, -0.05) is 78.9 Å². The maximum Gasteiger partial charge on any atom is 0.418 e. The second kappa shape index (κ2) is 11.0. The van der Waals surface area contributed by atoms with Gasteiger partial charge in [0.05, 0.1) is 17.8 Å². The van der Waals surface area contributed by atoms with Gasteiger partial charge >= 0.3 is 12.1 Å². The average Bonchev–Trinajstić information content (AvgIpc) is 3.29. The number of benzene rings is 4. The summed E-state index contributed by atoms with van der Waals surface area (Å²) in [6.07, 6.45) is -4.00. The number of nitrogens with zero attached hydrogens (tertiary/aromatic N) is 2. The quantitative estimate of drug-likeness (QED) is 0.216. The third kappa shape index (κ3) is 6.12. The molecule has 0 aliphatic rings. The van der Waals surface area contributed by atoms with Crippen molar-refractivity contribution in [1.82, 2.24) is 9.78 Å². The maximum atomic E-state index is 13.8. The number of carboxylic acid groups (broad SMARTS) is 1. The van der Waals surface area contributed by atoms with Crippen LogP contribution in [0.4, 0.5) is 13.2 Å². The van der Waals surface area contributed by atoms with Gasteiger partial charge < -0.3 is 9.84 Å². The number of fused-ring (bicyclic) bond motifs is 1. The van der Waals surface area contributed by atoms with Crippen molar-refractivity contribution in [1.29, 1.82) is 0 Å². The van der Waals surface area contributed by atoms with Crippen molar-refractivity contribution >= 4 is 16.9 Å². The summed E-state index contributed by atoms with van der Waals surface area (Å²) in [5, 5.41) is 13.7. The summed E-state index contributed by atoms with van der Waals surface area (Å²) >= 11 is 0. The van der Waals surface area contributed by atoms with Gasteiger partial charge in [-0.15, -0.1) is 0 Å². The molecule has 0 saturated carbocycles. The predicted molar refractivity (Wildman–Crippen MR) is 142 cm³/mol. The van der Waals surface area contributed by atoms with Crippen molar-refractivity contribution in [3.05, 3.63) is 119 Å². The summed E-state index contributed by atoms with van der Waals surface area (Å²) in [7, 11) is 0. The Morgan fingerprint density at radius 3 is 2.28 bits per heavy atom. The Morgan fingerprint density at radius 2 is 1.56 bits per heavy atom. The predicted octanol–water partition coefficient (Wildman–Crippen LogP) is 7.37. The molecule has 0 radical (unpaired) electrons. The Balaban J connectivity index is 1.45. The van der Waals surface area contributed by atoms with Crippen LogP contribution >= 0.6 is 0 Å². The van der Waals surface area contributed by atoms with Gasteiger partial charge in [-0.25, -0.2) is 0 Å². The minimum atomic E-state index is -4.53. The molecule has 8 heteroatoms. The number of alkyl halides is 3. The molecule has 1 N–H and O–H groups in total. The first-order chi connectivity index (χ1) is 18.8. The highest BCUT2D eigenvalue weighted by atomic mass is 19.4. The molecule has 5 nitrogen and oxygen atoms in total. The van der Waals surface area contributed by atoms with E-state index in [9.17, 15) is 18.0 Å². The van der Waals surface area contributed by atoms with Gasteiger partial charge in [0.25, 0.3) is 0 Å². The van der Waals surface area contributed by atoms with Gasteiger partial charge in [-0.05, 0) is 41.3 Å². The van der Waals surface area contributed by atoms with E-state index in [0.29, 0.717) is 35.4 Å². The number of halogens is 3. The molecule has 1 aromatic heterocycles. The molecular weight excluding hydrogens is 505 g/mol. The number of aromatic nitrogens is 2. The smallest absolute Gasteiger partial charge is 0.418 e. The summed E-state index contributed by atoms with van der Waals surface area (Å²) < 4.78 is 49.1. The standard InChI is InChI=1S/C31H25F3N2O3/c32-31(33,34)27-11-5-10-26-29(27)35-36(19-22-6-2-1-3-7-22)30(26)24-8-4-9-25(18-24)39-20-23-14-12-21(13-15-23)16-17-28(37)38/h1-15,18H,16-17,19-20H2,(H,37,38). The zero-order valence-corrected chi connectivity index (χ0v) is 20.9. The van der Waals surface area contributed by atoms with Gasteiger partial charge in [-0.3, -0.25) is 9.48 Å². The van der Waals surface area contributed by atoms with Gasteiger partial charge in [0.2, 0.25) is 0 Å². The number of aliphatic carboxylic acids is 1. The number of rotatable bonds is 9. The second-order valence-electron chi connectivity index (χ2n) is 9.22. The number of ether oxygens (including phenoxy) is 1. The molecule has 0 spiro atoms. The molecule has 0 bridgehead atoms. The van der Waals surface area contributed by atoms with E-state index in [4.69, 9.17) is 9.84 Å². The monoisotopic (exact) mass is 530 g/mol. The molecule has 39 heavy (non-hydrogen) atoms. The lowest BCUT2D eigenvalue weighted by atomic mass is 10.0. The largest absolute Gasteiger partial charge is 0.489 e. The molecular formula is C31H25F3N2O3. The van der Waals surface area contributed by atoms with Crippen LogP contribution in [0.15, 0.2) is 97.1 Å². The van der Waals surface area contributed by atoms with Gasteiger partial charge in [0, 0.05) is 17.4 Å². The molecule has 0 fully saturated rings. The van der Waals surface area contributed by atoms with Crippen LogP contribution < -0.4 is 4.74 Å². The SMILES string of the molecule is O=C(O)CCc1ccc(COc2cccc(-c3c4cccc(C(F)(F)F)c4nn3Cc3ccccc3)c2)cc1. The maximum absolute atomic E-state index is 13.8. The van der Waals surface area contributed by atoms with E-state index in [1.807, 2.05) is 60.7 Å². The first-order valence-electron chi connectivity index (χ1n) is 12.4. The summed E-state index contributed by atoms with van der Waals surface area (Å²) in [4.78, 5) is 10.8. The molecule has 1 heterocycles. The van der Waals surface area contributed by atoms with E-state index >= 15 is 0 Å². The highest BCUT2D eigenvalue weighted by Gasteiger charge is 2.34. The Bertz CT molecular complexity index is 1590. The van der Waals surface area contributed by atoms with Crippen molar-refractivity contribution in [2.45, 2.75) is 32.2 Å². The van der Waals surface area contributed by atoms with E-state index < -0.39 is 17.7 Å². The topological polar surface area (TPSA) is 64.3 Å². The minimum Gasteiger partial charge on any atom is -0.489 e. The van der Waals surface area contributed by atoms with Crippen LogP contribution in [0.1, 0.15) is 28.7 Å². The minimum absolute atomic E-state index is 0.0721. The lowest BCUT2D eigenvalue weighted by molar-refractivity contribution is -0.137. The molecule has 5 rings (SSSR count). The first kappa shape index (κ1) is 26.0. The fraction of sp³-hybridized carbons (Fsp3) is 0.161. The summed E-state index contributed by atoms with van der Waals surface area (Å²) in [6.45, 7) is 0.590. The lowest BCUT2D eigenvalue weighted by Crippen LogP contribution is -2.06. The molecule has 0 unspecified atom stereocenters. The van der Waals surface area contributed by atoms with Gasteiger partial charge in [0.1, 0.15) is 17.9 Å². The zero-order valence-electron chi connectivity index (χ0n) is 20.9. The Kier molecular flexibility index (Phi) is 7.36. The molecule has 0 aliphatic heterocycles. The molecule has 0 aliphatic carbocycles. The molecule has 198 valence electrons. The number of aryl methyl sites for hydroxylation is 1. The average molecular weight is 531 g/mol. The van der Waals surface area contributed by atoms with Crippen LogP contribution in [0.3, 0.4) is 0 Å². The lowest BCUT2D eigenvalue weighted by Gasteiger charge is -2.11. The molecule has 0 atom stereocenters. The van der Waals surface area contributed by atoms with Crippen LogP contribution in [-0.4, -0.2) is 20.9 Å². The van der Waals surface area contributed by atoms with E-state index in [0.717, 1.165) is 22.8 Å². The van der Waals surface area contributed by atoms with Gasteiger partial charge in [0.15, 0.2) is 0 Å². The number of hydrogen-bond donors (Lipinski definition) is 1. The zero-order chi connectivity index (χ0) is 27.4. The van der Waals surface area contributed by atoms with E-state index in [1.54, 1.807) is 28.9 Å².